The van der Waals surface area contributed by atoms with Crippen molar-refractivity contribution >= 4 is 15.9 Å². The van der Waals surface area contributed by atoms with Crippen LogP contribution in [0.3, 0.4) is 0 Å². The van der Waals surface area contributed by atoms with Gasteiger partial charge in [-0.25, -0.2) is 13.1 Å². The van der Waals surface area contributed by atoms with Crippen LogP contribution >= 0.6 is 0 Å². The van der Waals surface area contributed by atoms with Gasteiger partial charge < -0.3 is 15.6 Å². The topological polar surface area (TPSA) is 119 Å². The second-order valence-corrected chi connectivity index (χ2v) is 6.72. The number of hydrogen-bond acceptors (Lipinski definition) is 5. The van der Waals surface area contributed by atoms with Crippen molar-refractivity contribution in [2.24, 2.45) is 5.73 Å². The fraction of sp³-hybridized carbons (Fsp3) is 0.462. The fourth-order valence-electron chi connectivity index (χ4n) is 1.54. The van der Waals surface area contributed by atoms with Crippen LogP contribution in [0.4, 0.5) is 0 Å². The van der Waals surface area contributed by atoms with Crippen LogP contribution in [0.2, 0.25) is 0 Å². The van der Waals surface area contributed by atoms with Gasteiger partial charge >= 0.3 is 0 Å². The molecule has 21 heavy (non-hydrogen) atoms. The van der Waals surface area contributed by atoms with Crippen LogP contribution in [0, 0.1) is 0 Å². The summed E-state index contributed by atoms with van der Waals surface area (Å²) in [6.07, 6.45) is 0.298. The third-order valence-corrected chi connectivity index (χ3v) is 4.35. The van der Waals surface area contributed by atoms with Gasteiger partial charge in [0.1, 0.15) is 0 Å². The zero-order valence-corrected chi connectivity index (χ0v) is 12.8. The Bertz CT molecular complexity index is 581. The van der Waals surface area contributed by atoms with Gasteiger partial charge in [0, 0.05) is 32.2 Å². The fourth-order valence-corrected chi connectivity index (χ4v) is 2.70. The van der Waals surface area contributed by atoms with Gasteiger partial charge in [-0.1, -0.05) is 0 Å². The highest BCUT2D eigenvalue weighted by Crippen LogP contribution is 2.13. The monoisotopic (exact) mass is 316 g/mol. The zero-order valence-electron chi connectivity index (χ0n) is 12.0. The third-order valence-electron chi connectivity index (χ3n) is 2.94. The summed E-state index contributed by atoms with van der Waals surface area (Å²) in [5.74, 6) is -0.630. The minimum absolute atomic E-state index is 0.00459. The van der Waals surface area contributed by atoms with E-state index in [1.807, 2.05) is 0 Å². The largest absolute Gasteiger partial charge is 0.389 e. The number of sulfonamides is 1. The van der Waals surface area contributed by atoms with Crippen LogP contribution in [-0.4, -0.2) is 45.3 Å². The lowest BCUT2D eigenvalue weighted by Crippen LogP contribution is -2.41. The van der Waals surface area contributed by atoms with Crippen molar-refractivity contribution in [3.8, 4) is 0 Å². The highest BCUT2D eigenvalue weighted by molar-refractivity contribution is 7.89. The van der Waals surface area contributed by atoms with Gasteiger partial charge in [0.25, 0.3) is 0 Å². The molecule has 0 aromatic heterocycles. The van der Waals surface area contributed by atoms with E-state index in [4.69, 9.17) is 10.5 Å². The molecule has 7 nitrogen and oxygen atoms in total. The molecule has 0 aliphatic carbocycles. The van der Waals surface area contributed by atoms with Gasteiger partial charge in [0.2, 0.25) is 15.9 Å². The molecule has 1 aromatic rings. The smallest absolute Gasteiger partial charge is 0.248 e. The molecule has 8 heteroatoms. The van der Waals surface area contributed by atoms with Crippen molar-refractivity contribution in [3.63, 3.8) is 0 Å². The summed E-state index contributed by atoms with van der Waals surface area (Å²) in [4.78, 5) is 10.9. The number of aliphatic hydroxyl groups is 1. The molecule has 0 saturated heterocycles. The number of methoxy groups -OCH3 is 1. The first kappa shape index (κ1) is 17.6. The van der Waals surface area contributed by atoms with Crippen molar-refractivity contribution in [1.82, 2.24) is 4.72 Å². The van der Waals surface area contributed by atoms with Gasteiger partial charge in [0.05, 0.1) is 10.5 Å². The Morgan fingerprint density at radius 1 is 1.38 bits per heavy atom. The normalized spacial score (nSPS) is 14.6. The summed E-state index contributed by atoms with van der Waals surface area (Å²) in [5, 5.41) is 10.0. The Hall–Kier alpha value is -1.48. The van der Waals surface area contributed by atoms with E-state index in [9.17, 15) is 18.3 Å². The standard InChI is InChI=1S/C13H20N2O5S/c1-13(17,7-8-20-2)9-15-21(18,19)11-5-3-10(4-6-11)12(14)16/h3-6,15,17H,7-9H2,1-2H3,(H2,14,16). The van der Waals surface area contributed by atoms with Crippen LogP contribution < -0.4 is 10.5 Å². The highest BCUT2D eigenvalue weighted by atomic mass is 32.2. The van der Waals surface area contributed by atoms with Crippen LogP contribution in [0.5, 0.6) is 0 Å². The van der Waals surface area contributed by atoms with Gasteiger partial charge in [-0.15, -0.1) is 0 Å². The van der Waals surface area contributed by atoms with Gasteiger partial charge in [-0.2, -0.15) is 0 Å². The molecule has 118 valence electrons. The molecule has 1 unspecified atom stereocenters. The Labute approximate surface area is 124 Å². The Morgan fingerprint density at radius 3 is 2.43 bits per heavy atom. The Morgan fingerprint density at radius 2 is 1.95 bits per heavy atom. The van der Waals surface area contributed by atoms with Crippen molar-refractivity contribution in [2.45, 2.75) is 23.8 Å². The summed E-state index contributed by atoms with van der Waals surface area (Å²) in [7, 11) is -2.26. The summed E-state index contributed by atoms with van der Waals surface area (Å²) in [6, 6.07) is 5.23. The van der Waals surface area contributed by atoms with E-state index in [-0.39, 0.29) is 17.0 Å². The number of nitrogens with one attached hydrogen (secondary N) is 1. The van der Waals surface area contributed by atoms with Gasteiger partial charge in [-0.05, 0) is 31.2 Å². The summed E-state index contributed by atoms with van der Waals surface area (Å²) in [6.45, 7) is 1.70. The number of nitrogens with two attached hydrogens (primary N) is 1. The van der Waals surface area contributed by atoms with E-state index in [1.54, 1.807) is 0 Å². The first-order valence-corrected chi connectivity index (χ1v) is 7.77. The number of ether oxygens (including phenoxy) is 1. The predicted molar refractivity (Wildman–Crippen MR) is 77.3 cm³/mol. The maximum atomic E-state index is 12.1. The van der Waals surface area contributed by atoms with Crippen LogP contribution in [-0.2, 0) is 14.8 Å². The molecule has 0 aliphatic heterocycles. The molecule has 0 fully saturated rings. The number of primary amides is 1. The van der Waals surface area contributed by atoms with Crippen molar-refractivity contribution < 1.29 is 23.1 Å². The van der Waals surface area contributed by atoms with Crippen LogP contribution in [0.25, 0.3) is 0 Å². The molecular weight excluding hydrogens is 296 g/mol. The van der Waals surface area contributed by atoms with E-state index in [1.165, 1.54) is 38.3 Å². The quantitative estimate of drug-likeness (QED) is 0.616. The maximum Gasteiger partial charge on any atom is 0.248 e. The van der Waals surface area contributed by atoms with Crippen molar-refractivity contribution in [2.75, 3.05) is 20.3 Å². The lowest BCUT2D eigenvalue weighted by Gasteiger charge is -2.23. The Kier molecular flexibility index (Phi) is 5.85. The molecular formula is C13H20N2O5S. The van der Waals surface area contributed by atoms with E-state index >= 15 is 0 Å². The summed E-state index contributed by atoms with van der Waals surface area (Å²) in [5.41, 5.74) is 4.10. The van der Waals surface area contributed by atoms with Crippen molar-refractivity contribution in [1.29, 1.82) is 0 Å². The highest BCUT2D eigenvalue weighted by Gasteiger charge is 2.24. The maximum absolute atomic E-state index is 12.1. The SMILES string of the molecule is COCCC(C)(O)CNS(=O)(=O)c1ccc(C(N)=O)cc1. The first-order chi connectivity index (χ1) is 9.68. The van der Waals surface area contributed by atoms with Gasteiger partial charge in [-0.3, -0.25) is 4.79 Å². The van der Waals surface area contributed by atoms with E-state index in [0.29, 0.717) is 13.0 Å². The molecule has 1 aromatic carbocycles. The molecule has 0 heterocycles. The number of amides is 1. The minimum atomic E-state index is -3.76. The molecule has 1 atom stereocenters. The molecule has 0 spiro atoms. The van der Waals surface area contributed by atoms with Crippen LogP contribution in [0.15, 0.2) is 29.2 Å². The Balaban J connectivity index is 2.75. The molecule has 4 N–H and O–H groups in total. The third kappa shape index (κ3) is 5.43. The molecule has 0 aliphatic rings. The lowest BCUT2D eigenvalue weighted by molar-refractivity contribution is 0.0292. The number of benzene rings is 1. The average molecular weight is 316 g/mol. The number of rotatable bonds is 8. The second kappa shape index (κ2) is 6.99. The molecule has 0 saturated carbocycles. The number of carbonyl (C=O) groups is 1. The van der Waals surface area contributed by atoms with E-state index in [2.05, 4.69) is 4.72 Å². The second-order valence-electron chi connectivity index (χ2n) is 4.95. The summed E-state index contributed by atoms with van der Waals surface area (Å²) < 4.78 is 31.3. The van der Waals surface area contributed by atoms with E-state index in [0.717, 1.165) is 0 Å². The molecule has 0 bridgehead atoms. The average Bonchev–Trinajstić information content (AvgIpc) is 2.43. The van der Waals surface area contributed by atoms with Crippen LogP contribution in [0.1, 0.15) is 23.7 Å². The molecule has 0 radical (unpaired) electrons. The first-order valence-electron chi connectivity index (χ1n) is 6.29. The summed E-state index contributed by atoms with van der Waals surface area (Å²) >= 11 is 0. The number of hydrogen-bond donors (Lipinski definition) is 3. The number of carbonyl (C=O) groups excluding carboxylic acids is 1. The van der Waals surface area contributed by atoms with E-state index < -0.39 is 21.5 Å². The minimum Gasteiger partial charge on any atom is -0.389 e. The zero-order chi connectivity index (χ0) is 16.1. The van der Waals surface area contributed by atoms with Gasteiger partial charge in [0.15, 0.2) is 0 Å². The molecule has 1 amide bonds. The predicted octanol–water partition coefficient (Wildman–Crippen LogP) is -0.149. The lowest BCUT2D eigenvalue weighted by atomic mass is 10.0. The molecule has 1 rings (SSSR count). The van der Waals surface area contributed by atoms with Crippen molar-refractivity contribution in [3.05, 3.63) is 29.8 Å².